The van der Waals surface area contributed by atoms with Gasteiger partial charge in [0, 0.05) is 36.0 Å². The van der Waals surface area contributed by atoms with Crippen LogP contribution in [0.15, 0.2) is 30.5 Å². The molecule has 2 amide bonds. The van der Waals surface area contributed by atoms with Crippen molar-refractivity contribution in [2.75, 3.05) is 23.7 Å². The molecule has 3 rings (SSSR count). The van der Waals surface area contributed by atoms with Gasteiger partial charge in [-0.3, -0.25) is 4.79 Å². The Hall–Kier alpha value is -3.08. The summed E-state index contributed by atoms with van der Waals surface area (Å²) in [6.45, 7) is 0.376. The lowest BCUT2D eigenvalue weighted by Crippen LogP contribution is -2.48. The summed E-state index contributed by atoms with van der Waals surface area (Å²) in [5, 5.41) is 16.3. The van der Waals surface area contributed by atoms with Crippen LogP contribution >= 0.6 is 11.6 Å². The number of aromatic nitrogens is 2. The Kier molecular flexibility index (Phi) is 6.30. The maximum absolute atomic E-state index is 13.5. The lowest BCUT2D eigenvalue weighted by Gasteiger charge is -2.34. The number of anilines is 2. The molecule has 2 N–H and O–H groups in total. The minimum Gasteiger partial charge on any atom is -0.530 e. The second-order valence-electron chi connectivity index (χ2n) is 6.59. The van der Waals surface area contributed by atoms with E-state index in [0.717, 1.165) is 11.1 Å². The van der Waals surface area contributed by atoms with Gasteiger partial charge in [-0.05, 0) is 37.1 Å². The number of carbonyl (C=O) groups excluding carboxylic acids is 2. The van der Waals surface area contributed by atoms with E-state index >= 15 is 0 Å². The number of halogens is 4. The number of hydrogen-bond acceptors (Lipinski definition) is 6. The lowest BCUT2D eigenvalue weighted by atomic mass is 10.1. The van der Waals surface area contributed by atoms with Gasteiger partial charge in [0.1, 0.15) is 6.09 Å². The van der Waals surface area contributed by atoms with Crippen molar-refractivity contribution in [1.29, 1.82) is 0 Å². The number of carboxylic acid groups (broad SMARTS) is 1. The zero-order valence-electron chi connectivity index (χ0n) is 15.4. The summed E-state index contributed by atoms with van der Waals surface area (Å²) in [5.74, 6) is -1.31. The van der Waals surface area contributed by atoms with Gasteiger partial charge in [-0.25, -0.2) is 9.97 Å². The third-order valence-electron chi connectivity index (χ3n) is 4.49. The van der Waals surface area contributed by atoms with Crippen molar-refractivity contribution in [2.24, 2.45) is 0 Å². The monoisotopic (exact) mass is 442 g/mol. The summed E-state index contributed by atoms with van der Waals surface area (Å²) in [6, 6.07) is 5.55. The molecule has 0 bridgehead atoms. The van der Waals surface area contributed by atoms with E-state index < -0.39 is 29.4 Å². The second-order valence-corrected chi connectivity index (χ2v) is 7.02. The van der Waals surface area contributed by atoms with Crippen molar-refractivity contribution in [3.8, 4) is 0 Å². The largest absolute Gasteiger partial charge is 0.530 e. The molecule has 0 aliphatic carbocycles. The van der Waals surface area contributed by atoms with Crippen LogP contribution in [-0.2, 0) is 6.18 Å². The predicted molar refractivity (Wildman–Crippen MR) is 100 cm³/mol. The Labute approximate surface area is 174 Å². The molecule has 1 aromatic heterocycles. The highest BCUT2D eigenvalue weighted by Crippen LogP contribution is 2.31. The molecule has 1 aromatic carbocycles. The van der Waals surface area contributed by atoms with Crippen molar-refractivity contribution in [3.63, 3.8) is 0 Å². The number of benzene rings is 1. The fourth-order valence-electron chi connectivity index (χ4n) is 2.95. The number of amides is 2. The van der Waals surface area contributed by atoms with E-state index in [-0.39, 0.29) is 30.8 Å². The van der Waals surface area contributed by atoms with E-state index in [4.69, 9.17) is 11.6 Å². The molecule has 30 heavy (non-hydrogen) atoms. The van der Waals surface area contributed by atoms with Crippen molar-refractivity contribution in [3.05, 3.63) is 46.7 Å². The molecule has 0 atom stereocenters. The van der Waals surface area contributed by atoms with E-state index in [9.17, 15) is 27.9 Å². The Bertz CT molecular complexity index is 932. The van der Waals surface area contributed by atoms with Crippen molar-refractivity contribution in [1.82, 2.24) is 14.9 Å². The topological polar surface area (TPSA) is 110 Å². The normalized spacial score (nSPS) is 15.0. The van der Waals surface area contributed by atoms with Gasteiger partial charge in [0.05, 0.1) is 5.56 Å². The van der Waals surface area contributed by atoms with Gasteiger partial charge >= 0.3 is 6.18 Å². The summed E-state index contributed by atoms with van der Waals surface area (Å²) < 4.78 is 40.5. The smallest absolute Gasteiger partial charge is 0.434 e. The number of alkyl halides is 3. The minimum atomic E-state index is -4.88. The first kappa shape index (κ1) is 21.6. The Morgan fingerprint density at radius 1 is 1.17 bits per heavy atom. The zero-order chi connectivity index (χ0) is 21.9. The Morgan fingerprint density at radius 2 is 1.80 bits per heavy atom. The maximum Gasteiger partial charge on any atom is 0.434 e. The quantitative estimate of drug-likeness (QED) is 0.753. The van der Waals surface area contributed by atoms with Crippen LogP contribution in [-0.4, -0.2) is 46.0 Å². The van der Waals surface area contributed by atoms with Gasteiger partial charge < -0.3 is 25.4 Å². The van der Waals surface area contributed by atoms with E-state index in [2.05, 4.69) is 20.6 Å². The van der Waals surface area contributed by atoms with Crippen LogP contribution in [0.25, 0.3) is 0 Å². The number of nitrogens with zero attached hydrogens (tertiary/aromatic N) is 3. The fraction of sp³-hybridized carbons (Fsp3) is 0.333. The molecule has 160 valence electrons. The summed E-state index contributed by atoms with van der Waals surface area (Å²) in [5.41, 5.74) is -1.84. The van der Waals surface area contributed by atoms with Crippen LogP contribution in [0.4, 0.5) is 29.6 Å². The molecule has 0 unspecified atom stereocenters. The van der Waals surface area contributed by atoms with Crippen LogP contribution in [0.5, 0.6) is 0 Å². The van der Waals surface area contributed by atoms with Gasteiger partial charge in [-0.1, -0.05) is 11.6 Å². The Balaban J connectivity index is 1.76. The van der Waals surface area contributed by atoms with Crippen LogP contribution in [0, 0.1) is 0 Å². The van der Waals surface area contributed by atoms with Gasteiger partial charge in [0.2, 0.25) is 5.95 Å². The first-order valence-corrected chi connectivity index (χ1v) is 9.25. The van der Waals surface area contributed by atoms with Crippen molar-refractivity contribution >= 4 is 35.2 Å². The molecule has 1 aliphatic rings. The number of carbonyl (C=O) groups is 2. The van der Waals surface area contributed by atoms with Crippen LogP contribution < -0.4 is 15.7 Å². The van der Waals surface area contributed by atoms with Crippen LogP contribution in [0.2, 0.25) is 5.02 Å². The summed E-state index contributed by atoms with van der Waals surface area (Å²) >= 11 is 5.75. The van der Waals surface area contributed by atoms with E-state index in [1.165, 1.54) is 24.3 Å². The van der Waals surface area contributed by atoms with E-state index in [1.54, 1.807) is 0 Å². The molecule has 8 nitrogen and oxygen atoms in total. The SMILES string of the molecule is O=C(Nc1ccc(Cl)cc1)c1cnc(NC2CCN(C(=O)[O-])CC2)nc1C(F)(F)F. The highest BCUT2D eigenvalue weighted by molar-refractivity contribution is 6.30. The molecule has 2 aromatic rings. The number of nitrogens with one attached hydrogen (secondary N) is 2. The molecule has 1 aliphatic heterocycles. The third-order valence-corrected chi connectivity index (χ3v) is 4.74. The first-order chi connectivity index (χ1) is 14.1. The van der Waals surface area contributed by atoms with Crippen molar-refractivity contribution in [2.45, 2.75) is 25.1 Å². The van der Waals surface area contributed by atoms with Gasteiger partial charge in [-0.15, -0.1) is 0 Å². The van der Waals surface area contributed by atoms with E-state index in [0.29, 0.717) is 17.9 Å². The number of hydrogen-bond donors (Lipinski definition) is 2. The molecule has 1 fully saturated rings. The van der Waals surface area contributed by atoms with Crippen LogP contribution in [0.1, 0.15) is 28.9 Å². The molecular formula is C18H16ClF3N5O3-. The summed E-state index contributed by atoms with van der Waals surface area (Å²) in [6.07, 6.45) is -4.65. The zero-order valence-corrected chi connectivity index (χ0v) is 16.1. The molecule has 1 saturated heterocycles. The number of likely N-dealkylation sites (tertiary alicyclic amines) is 1. The first-order valence-electron chi connectivity index (χ1n) is 8.87. The molecule has 0 radical (unpaired) electrons. The van der Waals surface area contributed by atoms with Gasteiger partial charge in [-0.2, -0.15) is 13.2 Å². The molecular weight excluding hydrogens is 427 g/mol. The summed E-state index contributed by atoms with van der Waals surface area (Å²) in [4.78, 5) is 31.6. The number of piperidine rings is 1. The highest BCUT2D eigenvalue weighted by Gasteiger charge is 2.38. The lowest BCUT2D eigenvalue weighted by molar-refractivity contribution is -0.266. The molecule has 0 saturated carbocycles. The average molecular weight is 443 g/mol. The molecule has 0 spiro atoms. The molecule has 12 heteroatoms. The Morgan fingerprint density at radius 3 is 2.37 bits per heavy atom. The van der Waals surface area contributed by atoms with Gasteiger partial charge in [0.25, 0.3) is 5.91 Å². The maximum atomic E-state index is 13.5. The predicted octanol–water partition coefficient (Wildman–Crippen LogP) is 2.62. The minimum absolute atomic E-state index is 0.188. The second kappa shape index (κ2) is 8.74. The summed E-state index contributed by atoms with van der Waals surface area (Å²) in [7, 11) is 0. The highest BCUT2D eigenvalue weighted by atomic mass is 35.5. The van der Waals surface area contributed by atoms with Crippen LogP contribution in [0.3, 0.4) is 0 Å². The standard InChI is InChI=1S/C18H17ClF3N5O3/c19-10-1-3-11(4-2-10)24-15(28)13-9-23-16(26-14(13)18(20,21)22)25-12-5-7-27(8-6-12)17(29)30/h1-4,9,12H,5-8H2,(H,24,28)(H,29,30)(H,23,25,26)/p-1. The number of rotatable bonds is 4. The average Bonchev–Trinajstić information content (AvgIpc) is 2.69. The fourth-order valence-corrected chi connectivity index (χ4v) is 3.08. The van der Waals surface area contributed by atoms with Crippen molar-refractivity contribution < 1.29 is 27.9 Å². The molecule has 2 heterocycles. The van der Waals surface area contributed by atoms with E-state index in [1.807, 2.05) is 0 Å². The third kappa shape index (κ3) is 5.29. The van der Waals surface area contributed by atoms with Gasteiger partial charge in [0.15, 0.2) is 5.69 Å².